The minimum Gasteiger partial charge on any atom is -0.493 e. The van der Waals surface area contributed by atoms with Crippen LogP contribution in [0.15, 0.2) is 42.6 Å². The topological polar surface area (TPSA) is 63.7 Å². The number of nitrogens with one attached hydrogen (secondary N) is 1. The zero-order chi connectivity index (χ0) is 22.4. The molecular formula is C25H35N3O3. The molecule has 0 saturated carbocycles. The molecule has 31 heavy (non-hydrogen) atoms. The number of likely N-dealkylation sites (tertiary alicyclic amines) is 1. The van der Waals surface area contributed by atoms with Crippen molar-refractivity contribution in [3.8, 4) is 11.5 Å². The fourth-order valence-electron chi connectivity index (χ4n) is 4.03. The number of methoxy groups -OCH3 is 2. The lowest BCUT2D eigenvalue weighted by molar-refractivity contribution is -0.129. The molecule has 0 bridgehead atoms. The van der Waals surface area contributed by atoms with E-state index in [1.54, 1.807) is 20.4 Å². The molecule has 1 atom stereocenters. The summed E-state index contributed by atoms with van der Waals surface area (Å²) in [4.78, 5) is 19.8. The van der Waals surface area contributed by atoms with Gasteiger partial charge in [0.05, 0.1) is 26.0 Å². The predicted molar refractivity (Wildman–Crippen MR) is 122 cm³/mol. The number of pyridine rings is 1. The Morgan fingerprint density at radius 3 is 2.42 bits per heavy atom. The van der Waals surface area contributed by atoms with Gasteiger partial charge in [0.25, 0.3) is 0 Å². The molecule has 1 saturated heterocycles. The highest BCUT2D eigenvalue weighted by Gasteiger charge is 2.32. The summed E-state index contributed by atoms with van der Waals surface area (Å²) in [5, 5.41) is 3.28. The van der Waals surface area contributed by atoms with Crippen LogP contribution in [0.4, 0.5) is 0 Å². The Morgan fingerprint density at radius 1 is 1.13 bits per heavy atom. The molecular weight excluding hydrogens is 390 g/mol. The zero-order valence-electron chi connectivity index (χ0n) is 19.4. The molecule has 1 N–H and O–H groups in total. The lowest BCUT2D eigenvalue weighted by atomic mass is 9.85. The number of amides is 1. The first-order chi connectivity index (χ1) is 14.8. The van der Waals surface area contributed by atoms with Gasteiger partial charge in [-0.05, 0) is 61.7 Å². The number of aromatic nitrogens is 1. The van der Waals surface area contributed by atoms with Crippen molar-refractivity contribution in [1.29, 1.82) is 0 Å². The third-order valence-corrected chi connectivity index (χ3v) is 5.93. The molecule has 1 aliphatic rings. The van der Waals surface area contributed by atoms with E-state index in [-0.39, 0.29) is 11.9 Å². The van der Waals surface area contributed by atoms with Crippen LogP contribution in [0.3, 0.4) is 0 Å². The molecule has 0 spiro atoms. The third kappa shape index (κ3) is 5.97. The van der Waals surface area contributed by atoms with Crippen molar-refractivity contribution in [2.45, 2.75) is 46.2 Å². The van der Waals surface area contributed by atoms with Gasteiger partial charge in [-0.25, -0.2) is 0 Å². The number of ether oxygens (including phenoxy) is 2. The van der Waals surface area contributed by atoms with Crippen LogP contribution >= 0.6 is 0 Å². The minimum absolute atomic E-state index is 0.0591. The zero-order valence-corrected chi connectivity index (χ0v) is 19.4. The van der Waals surface area contributed by atoms with Crippen molar-refractivity contribution >= 4 is 5.91 Å². The predicted octanol–water partition coefficient (Wildman–Crippen LogP) is 4.21. The Balaban J connectivity index is 1.66. The molecule has 3 rings (SSSR count). The van der Waals surface area contributed by atoms with Crippen LogP contribution in [0.2, 0.25) is 0 Å². The quantitative estimate of drug-likeness (QED) is 0.720. The lowest BCUT2D eigenvalue weighted by Gasteiger charge is -2.37. The number of piperidine rings is 1. The summed E-state index contributed by atoms with van der Waals surface area (Å²) in [6.07, 6.45) is 3.83. The largest absolute Gasteiger partial charge is 0.493 e. The van der Waals surface area contributed by atoms with E-state index in [1.807, 2.05) is 51.1 Å². The molecule has 2 aromatic rings. The van der Waals surface area contributed by atoms with Crippen molar-refractivity contribution in [1.82, 2.24) is 15.2 Å². The fraction of sp³-hybridized carbons (Fsp3) is 0.520. The molecule has 1 aromatic heterocycles. The smallest absolute Gasteiger partial charge is 0.225 e. The van der Waals surface area contributed by atoms with E-state index in [9.17, 15) is 4.79 Å². The van der Waals surface area contributed by atoms with E-state index in [1.165, 1.54) is 5.56 Å². The number of carbonyl (C=O) groups is 1. The second kappa shape index (κ2) is 10.1. The molecule has 1 amide bonds. The fourth-order valence-corrected chi connectivity index (χ4v) is 4.03. The monoisotopic (exact) mass is 425 g/mol. The molecule has 168 valence electrons. The van der Waals surface area contributed by atoms with Gasteiger partial charge in [-0.2, -0.15) is 0 Å². The standard InChI is InChI=1S/C25H35N3O3/c1-25(2,3)24(29)27-23(20-8-6-7-13-26-20)19-11-14-28(15-12-19)17-18-9-10-21(30-4)22(16-18)31-5/h6-10,13,16,19,23H,11-12,14-15,17H2,1-5H3,(H,27,29)/t23-/m1/s1. The van der Waals surface area contributed by atoms with E-state index < -0.39 is 5.41 Å². The highest BCUT2D eigenvalue weighted by molar-refractivity contribution is 5.81. The Bertz CT molecular complexity index is 856. The average molecular weight is 426 g/mol. The Kier molecular flexibility index (Phi) is 7.55. The summed E-state index contributed by atoms with van der Waals surface area (Å²) in [5.41, 5.74) is 1.72. The second-order valence-electron chi connectivity index (χ2n) is 9.26. The molecule has 6 nitrogen and oxygen atoms in total. The number of carbonyl (C=O) groups excluding carboxylic acids is 1. The summed E-state index contributed by atoms with van der Waals surface area (Å²) in [6, 6.07) is 12.0. The van der Waals surface area contributed by atoms with Crippen molar-refractivity contribution in [3.05, 3.63) is 53.9 Å². The van der Waals surface area contributed by atoms with Crippen LogP contribution in [0.5, 0.6) is 11.5 Å². The van der Waals surface area contributed by atoms with E-state index in [2.05, 4.69) is 21.3 Å². The van der Waals surface area contributed by atoms with Crippen molar-refractivity contribution < 1.29 is 14.3 Å². The first-order valence-electron chi connectivity index (χ1n) is 11.0. The van der Waals surface area contributed by atoms with E-state index in [4.69, 9.17) is 9.47 Å². The summed E-state index contributed by atoms with van der Waals surface area (Å²) >= 11 is 0. The molecule has 0 radical (unpaired) electrons. The molecule has 1 aliphatic heterocycles. The normalized spacial score (nSPS) is 16.5. The molecule has 6 heteroatoms. The first-order valence-corrected chi connectivity index (χ1v) is 11.0. The van der Waals surface area contributed by atoms with Gasteiger partial charge in [0.2, 0.25) is 5.91 Å². The number of nitrogens with zero attached hydrogens (tertiary/aromatic N) is 2. The second-order valence-corrected chi connectivity index (χ2v) is 9.26. The van der Waals surface area contributed by atoms with E-state index >= 15 is 0 Å². The SMILES string of the molecule is COc1ccc(CN2CCC([C@@H](NC(=O)C(C)(C)C)c3ccccn3)CC2)cc1OC. The molecule has 2 heterocycles. The maximum absolute atomic E-state index is 12.7. The average Bonchev–Trinajstić information content (AvgIpc) is 2.77. The van der Waals surface area contributed by atoms with Crippen LogP contribution < -0.4 is 14.8 Å². The van der Waals surface area contributed by atoms with Gasteiger partial charge in [-0.1, -0.05) is 32.9 Å². The summed E-state index contributed by atoms with van der Waals surface area (Å²) in [6.45, 7) is 8.67. The molecule has 1 fully saturated rings. The number of rotatable bonds is 7. The van der Waals surface area contributed by atoms with Crippen molar-refractivity contribution in [2.24, 2.45) is 11.3 Å². The number of benzene rings is 1. The van der Waals surface area contributed by atoms with Crippen molar-refractivity contribution in [2.75, 3.05) is 27.3 Å². The highest BCUT2D eigenvalue weighted by Crippen LogP contribution is 2.33. The van der Waals surface area contributed by atoms with Crippen LogP contribution in [0.1, 0.15) is 50.9 Å². The molecule has 0 unspecified atom stereocenters. The van der Waals surface area contributed by atoms with Crippen LogP contribution in [-0.4, -0.2) is 43.1 Å². The highest BCUT2D eigenvalue weighted by atomic mass is 16.5. The van der Waals surface area contributed by atoms with Gasteiger partial charge in [-0.3, -0.25) is 14.7 Å². The van der Waals surface area contributed by atoms with Crippen LogP contribution in [0, 0.1) is 11.3 Å². The van der Waals surface area contributed by atoms with Gasteiger partial charge in [0.15, 0.2) is 11.5 Å². The first kappa shape index (κ1) is 23.1. The van der Waals surface area contributed by atoms with Gasteiger partial charge in [0, 0.05) is 18.2 Å². The summed E-state index contributed by atoms with van der Waals surface area (Å²) in [7, 11) is 3.31. The third-order valence-electron chi connectivity index (χ3n) is 5.93. The maximum atomic E-state index is 12.7. The van der Waals surface area contributed by atoms with Gasteiger partial charge in [-0.15, -0.1) is 0 Å². The van der Waals surface area contributed by atoms with Crippen LogP contribution in [-0.2, 0) is 11.3 Å². The van der Waals surface area contributed by atoms with E-state index in [0.717, 1.165) is 49.7 Å². The van der Waals surface area contributed by atoms with Gasteiger partial charge >= 0.3 is 0 Å². The molecule has 0 aliphatic carbocycles. The van der Waals surface area contributed by atoms with Crippen LogP contribution in [0.25, 0.3) is 0 Å². The Morgan fingerprint density at radius 2 is 1.84 bits per heavy atom. The van der Waals surface area contributed by atoms with E-state index in [0.29, 0.717) is 5.92 Å². The summed E-state index contributed by atoms with van der Waals surface area (Å²) < 4.78 is 10.8. The molecule has 1 aromatic carbocycles. The number of hydrogen-bond donors (Lipinski definition) is 1. The van der Waals surface area contributed by atoms with Crippen molar-refractivity contribution in [3.63, 3.8) is 0 Å². The maximum Gasteiger partial charge on any atom is 0.225 e. The Hall–Kier alpha value is -2.60. The Labute approximate surface area is 186 Å². The lowest BCUT2D eigenvalue weighted by Crippen LogP contribution is -2.44. The summed E-state index contributed by atoms with van der Waals surface area (Å²) in [5.74, 6) is 1.94. The minimum atomic E-state index is -0.429. The van der Waals surface area contributed by atoms with Gasteiger partial charge < -0.3 is 14.8 Å². The van der Waals surface area contributed by atoms with Gasteiger partial charge in [0.1, 0.15) is 0 Å². The number of hydrogen-bond acceptors (Lipinski definition) is 5.